The van der Waals surface area contributed by atoms with E-state index < -0.39 is 21.6 Å². The summed E-state index contributed by atoms with van der Waals surface area (Å²) < 4.78 is 36.0. The van der Waals surface area contributed by atoms with E-state index in [2.05, 4.69) is 0 Å². The van der Waals surface area contributed by atoms with Crippen molar-refractivity contribution >= 4 is 32.8 Å². The fourth-order valence-corrected chi connectivity index (χ4v) is 7.78. The Labute approximate surface area is 161 Å². The van der Waals surface area contributed by atoms with Gasteiger partial charge in [-0.05, 0) is 32.9 Å². The van der Waals surface area contributed by atoms with Crippen molar-refractivity contribution in [2.24, 2.45) is 0 Å². The number of rotatable bonds is 4. The molecule has 3 aromatic carbocycles. The standard InChI is InChI=1S/C22H24NO2PS/c1-22(2,3)27(23,25)21-17-11-10-16-20(21)26(24,18-12-6-4-7-13-18)19-14-8-5-9-15-19/h4-17,23H,1-3H3/t27-/m0/s1. The lowest BCUT2D eigenvalue weighted by Crippen LogP contribution is -2.34. The molecule has 0 heterocycles. The second-order valence-electron chi connectivity index (χ2n) is 7.42. The summed E-state index contributed by atoms with van der Waals surface area (Å²) in [6.45, 7) is 5.36. The van der Waals surface area contributed by atoms with Crippen LogP contribution in [0.5, 0.6) is 0 Å². The fraction of sp³-hybridized carbons (Fsp3) is 0.182. The van der Waals surface area contributed by atoms with Gasteiger partial charge in [0.15, 0.2) is 7.14 Å². The largest absolute Gasteiger partial charge is 0.309 e. The Morgan fingerprint density at radius 2 is 1.15 bits per heavy atom. The van der Waals surface area contributed by atoms with Gasteiger partial charge < -0.3 is 4.57 Å². The highest BCUT2D eigenvalue weighted by atomic mass is 32.2. The number of nitrogens with one attached hydrogen (secondary N) is 1. The van der Waals surface area contributed by atoms with E-state index in [0.717, 1.165) is 0 Å². The lowest BCUT2D eigenvalue weighted by Gasteiger charge is -2.28. The molecule has 0 aliphatic rings. The van der Waals surface area contributed by atoms with Gasteiger partial charge in [0.1, 0.15) is 0 Å². The van der Waals surface area contributed by atoms with Crippen molar-refractivity contribution in [3.05, 3.63) is 84.9 Å². The van der Waals surface area contributed by atoms with Gasteiger partial charge in [0.05, 0.1) is 14.6 Å². The fourth-order valence-electron chi connectivity index (χ4n) is 2.99. The molecule has 5 heteroatoms. The number of hydrogen-bond acceptors (Lipinski definition) is 3. The molecule has 0 radical (unpaired) electrons. The summed E-state index contributed by atoms with van der Waals surface area (Å²) in [5.74, 6) is 0. The van der Waals surface area contributed by atoms with Gasteiger partial charge >= 0.3 is 0 Å². The van der Waals surface area contributed by atoms with Gasteiger partial charge in [-0.25, -0.2) is 8.99 Å². The molecule has 0 saturated carbocycles. The van der Waals surface area contributed by atoms with Gasteiger partial charge in [-0.3, -0.25) is 0 Å². The summed E-state index contributed by atoms with van der Waals surface area (Å²) >= 11 is 0. The van der Waals surface area contributed by atoms with Gasteiger partial charge in [0.25, 0.3) is 0 Å². The first-order valence-electron chi connectivity index (χ1n) is 8.78. The summed E-state index contributed by atoms with van der Waals surface area (Å²) in [5.41, 5.74) is 0. The van der Waals surface area contributed by atoms with Crippen LogP contribution in [0, 0.1) is 4.78 Å². The summed E-state index contributed by atoms with van der Waals surface area (Å²) in [6.07, 6.45) is 0. The SMILES string of the molecule is CC(C)(C)[S@@](=N)(=O)c1ccccc1P(=O)(c1ccccc1)c1ccccc1. The normalized spacial score (nSPS) is 14.5. The zero-order valence-electron chi connectivity index (χ0n) is 15.8. The van der Waals surface area contributed by atoms with Gasteiger partial charge in [0.2, 0.25) is 0 Å². The van der Waals surface area contributed by atoms with Crippen LogP contribution < -0.4 is 15.9 Å². The van der Waals surface area contributed by atoms with Crippen molar-refractivity contribution < 1.29 is 8.77 Å². The Morgan fingerprint density at radius 1 is 0.741 bits per heavy atom. The highest BCUT2D eigenvalue weighted by molar-refractivity contribution is 7.95. The Morgan fingerprint density at radius 3 is 1.59 bits per heavy atom. The van der Waals surface area contributed by atoms with E-state index in [4.69, 9.17) is 4.78 Å². The van der Waals surface area contributed by atoms with E-state index >= 15 is 0 Å². The Hall–Kier alpha value is -2.16. The first-order chi connectivity index (χ1) is 12.7. The molecule has 0 bridgehead atoms. The smallest absolute Gasteiger partial charge is 0.172 e. The van der Waals surface area contributed by atoms with Crippen molar-refractivity contribution in [1.82, 2.24) is 0 Å². The predicted octanol–water partition coefficient (Wildman–Crippen LogP) is 4.53. The van der Waals surface area contributed by atoms with Crippen LogP contribution in [-0.2, 0) is 14.3 Å². The zero-order chi connectivity index (χ0) is 19.7. The maximum absolute atomic E-state index is 14.6. The van der Waals surface area contributed by atoms with Gasteiger partial charge in [-0.15, -0.1) is 0 Å². The van der Waals surface area contributed by atoms with E-state index in [0.29, 0.717) is 20.8 Å². The van der Waals surface area contributed by atoms with Crippen LogP contribution in [0.25, 0.3) is 0 Å². The molecule has 0 aliphatic carbocycles. The van der Waals surface area contributed by atoms with Crippen LogP contribution in [0.3, 0.4) is 0 Å². The van der Waals surface area contributed by atoms with Crippen LogP contribution in [0.4, 0.5) is 0 Å². The quantitative estimate of drug-likeness (QED) is 0.658. The van der Waals surface area contributed by atoms with E-state index in [1.54, 1.807) is 45.0 Å². The maximum atomic E-state index is 14.6. The third-order valence-electron chi connectivity index (χ3n) is 4.62. The highest BCUT2D eigenvalue weighted by Crippen LogP contribution is 2.45. The minimum atomic E-state index is -3.28. The average molecular weight is 397 g/mol. The highest BCUT2D eigenvalue weighted by Gasteiger charge is 2.37. The third-order valence-corrected chi connectivity index (χ3v) is 10.6. The van der Waals surface area contributed by atoms with Crippen molar-refractivity contribution in [3.63, 3.8) is 0 Å². The molecule has 0 saturated heterocycles. The molecule has 140 valence electrons. The van der Waals surface area contributed by atoms with Crippen LogP contribution in [0.2, 0.25) is 0 Å². The van der Waals surface area contributed by atoms with Gasteiger partial charge in [-0.1, -0.05) is 72.8 Å². The van der Waals surface area contributed by atoms with E-state index in [9.17, 15) is 8.77 Å². The van der Waals surface area contributed by atoms with Crippen LogP contribution in [-0.4, -0.2) is 8.96 Å². The van der Waals surface area contributed by atoms with E-state index in [1.807, 2.05) is 60.7 Å². The zero-order valence-corrected chi connectivity index (χ0v) is 17.5. The molecule has 27 heavy (non-hydrogen) atoms. The Kier molecular flexibility index (Phi) is 5.16. The molecule has 3 nitrogen and oxygen atoms in total. The molecule has 0 aromatic heterocycles. The van der Waals surface area contributed by atoms with Crippen molar-refractivity contribution in [3.8, 4) is 0 Å². The number of hydrogen-bond donors (Lipinski definition) is 1. The average Bonchev–Trinajstić information content (AvgIpc) is 2.68. The Bertz CT molecular complexity index is 1040. The van der Waals surface area contributed by atoms with Crippen LogP contribution in [0.1, 0.15) is 20.8 Å². The predicted molar refractivity (Wildman–Crippen MR) is 115 cm³/mol. The molecule has 1 atom stereocenters. The van der Waals surface area contributed by atoms with Crippen molar-refractivity contribution in [1.29, 1.82) is 4.78 Å². The summed E-state index contributed by atoms with van der Waals surface area (Å²) in [4.78, 5) is 0.355. The van der Waals surface area contributed by atoms with E-state index in [-0.39, 0.29) is 0 Å². The molecule has 3 rings (SSSR count). The third kappa shape index (κ3) is 3.40. The van der Waals surface area contributed by atoms with Gasteiger partial charge in [-0.2, -0.15) is 0 Å². The van der Waals surface area contributed by atoms with Crippen LogP contribution >= 0.6 is 7.14 Å². The summed E-state index contributed by atoms with van der Waals surface area (Å²) in [5, 5.41) is 1.83. The second-order valence-corrected chi connectivity index (χ2v) is 12.9. The molecule has 0 spiro atoms. The lowest BCUT2D eigenvalue weighted by molar-refractivity contribution is 0.592. The Balaban J connectivity index is 2.40. The number of benzene rings is 3. The summed E-state index contributed by atoms with van der Waals surface area (Å²) in [6, 6.07) is 25.6. The molecule has 1 N–H and O–H groups in total. The minimum Gasteiger partial charge on any atom is -0.309 e. The van der Waals surface area contributed by atoms with E-state index in [1.165, 1.54) is 0 Å². The topological polar surface area (TPSA) is 58.0 Å². The molecule has 0 fully saturated rings. The van der Waals surface area contributed by atoms with Crippen molar-refractivity contribution in [2.75, 3.05) is 0 Å². The van der Waals surface area contributed by atoms with Gasteiger partial charge in [0, 0.05) is 20.7 Å². The monoisotopic (exact) mass is 397 g/mol. The molecule has 0 unspecified atom stereocenters. The molecule has 0 aliphatic heterocycles. The molecular weight excluding hydrogens is 373 g/mol. The summed E-state index contributed by atoms with van der Waals surface area (Å²) in [7, 11) is -6.46. The minimum absolute atomic E-state index is 0.355. The second kappa shape index (κ2) is 7.10. The lowest BCUT2D eigenvalue weighted by atomic mass is 10.3. The molecular formula is C22H24NO2PS. The maximum Gasteiger partial charge on any atom is 0.172 e. The van der Waals surface area contributed by atoms with Crippen molar-refractivity contribution in [2.45, 2.75) is 30.4 Å². The molecule has 3 aromatic rings. The molecule has 0 amide bonds. The first kappa shape index (κ1) is 19.6. The van der Waals surface area contributed by atoms with Crippen LogP contribution in [0.15, 0.2) is 89.8 Å². The first-order valence-corrected chi connectivity index (χ1v) is 12.0.